The molecule has 0 aliphatic carbocycles. The summed E-state index contributed by atoms with van der Waals surface area (Å²) in [7, 11) is 0. The van der Waals surface area contributed by atoms with Crippen LogP contribution in [0.5, 0.6) is 0 Å². The highest BCUT2D eigenvalue weighted by Crippen LogP contribution is 2.19. The number of carbonyl (C=O) groups excluding carboxylic acids is 3. The van der Waals surface area contributed by atoms with Gasteiger partial charge >= 0.3 is 5.97 Å². The molecule has 13 N–H and O–H groups in total. The van der Waals surface area contributed by atoms with Crippen molar-refractivity contribution < 1.29 is 24.3 Å². The number of amides is 3. The van der Waals surface area contributed by atoms with Gasteiger partial charge in [-0.3, -0.25) is 19.4 Å². The van der Waals surface area contributed by atoms with Gasteiger partial charge < -0.3 is 49.0 Å². The number of rotatable bonds is 18. The largest absolute Gasteiger partial charge is 0.480 e. The number of nitrogens with one attached hydrogen (secondary N) is 4. The Kier molecular flexibility index (Phi) is 13.3. The SMILES string of the molecule is NCCC[C@H](NC(=O)[C@H](Cc1c[nH]c2ccccc12)NC(=O)[C@H](CCCN=C(N)N)NC(=O)[C@@H](N)Cc1ccccc1)C(=O)O. The van der Waals surface area contributed by atoms with Crippen molar-refractivity contribution in [2.75, 3.05) is 13.1 Å². The topological polar surface area (TPSA) is 257 Å². The van der Waals surface area contributed by atoms with Gasteiger partial charge in [-0.1, -0.05) is 48.5 Å². The van der Waals surface area contributed by atoms with Crippen molar-refractivity contribution in [2.45, 2.75) is 62.7 Å². The number of guanidine groups is 1. The van der Waals surface area contributed by atoms with Crippen LogP contribution in [0.25, 0.3) is 10.9 Å². The Morgan fingerprint density at radius 3 is 2.11 bits per heavy atom. The fourth-order valence-corrected chi connectivity index (χ4v) is 4.87. The van der Waals surface area contributed by atoms with Crippen molar-refractivity contribution >= 4 is 40.6 Å². The lowest BCUT2D eigenvalue weighted by atomic mass is 10.0. The van der Waals surface area contributed by atoms with E-state index in [9.17, 15) is 24.3 Å². The summed E-state index contributed by atoms with van der Waals surface area (Å²) in [5.41, 5.74) is 25.0. The van der Waals surface area contributed by atoms with E-state index < -0.39 is 47.9 Å². The lowest BCUT2D eigenvalue weighted by Crippen LogP contribution is -2.57. The maximum absolute atomic E-state index is 13.7. The first kappa shape index (κ1) is 34.5. The number of carboxylic acids is 1. The molecule has 3 aromatic rings. The number of nitrogens with zero attached hydrogens (tertiary/aromatic N) is 1. The third-order valence-electron chi connectivity index (χ3n) is 7.26. The molecule has 0 spiro atoms. The van der Waals surface area contributed by atoms with Gasteiger partial charge in [0.2, 0.25) is 17.7 Å². The zero-order chi connectivity index (χ0) is 32.8. The maximum Gasteiger partial charge on any atom is 0.326 e. The standard InChI is InChI=1S/C31H43N9O5/c32-14-6-12-25(30(44)45)39-29(43)26(17-20-18-37-23-11-5-4-10-21(20)23)40-28(42)24(13-7-15-36-31(34)35)38-27(41)22(33)16-19-8-2-1-3-9-19/h1-5,8-11,18,22,24-26,37H,6-7,12-17,32-33H2,(H,38,41)(H,39,43)(H,40,42)(H,44,45)(H4,34,35,36)/t22-,24-,25-,26-/m0/s1. The van der Waals surface area contributed by atoms with Crippen LogP contribution in [0.1, 0.15) is 36.8 Å². The Hall–Kier alpha value is -4.95. The van der Waals surface area contributed by atoms with Crippen molar-refractivity contribution in [3.63, 3.8) is 0 Å². The first-order chi connectivity index (χ1) is 21.6. The van der Waals surface area contributed by atoms with Crippen LogP contribution in [-0.4, -0.2) is 77.0 Å². The molecule has 242 valence electrons. The molecule has 45 heavy (non-hydrogen) atoms. The molecular formula is C31H43N9O5. The molecule has 3 rings (SSSR count). The summed E-state index contributed by atoms with van der Waals surface area (Å²) in [6.07, 6.45) is 3.01. The van der Waals surface area contributed by atoms with E-state index in [0.717, 1.165) is 22.0 Å². The molecule has 1 aromatic heterocycles. The van der Waals surface area contributed by atoms with Crippen molar-refractivity contribution in [1.29, 1.82) is 0 Å². The number of para-hydroxylation sites is 1. The van der Waals surface area contributed by atoms with Crippen molar-refractivity contribution in [2.24, 2.45) is 27.9 Å². The monoisotopic (exact) mass is 621 g/mol. The molecule has 1 heterocycles. The molecule has 0 fully saturated rings. The number of fused-ring (bicyclic) bond motifs is 1. The van der Waals surface area contributed by atoms with E-state index in [1.807, 2.05) is 54.6 Å². The van der Waals surface area contributed by atoms with Crippen LogP contribution in [0.15, 0.2) is 65.8 Å². The minimum Gasteiger partial charge on any atom is -0.480 e. The van der Waals surface area contributed by atoms with Crippen LogP contribution in [0.3, 0.4) is 0 Å². The van der Waals surface area contributed by atoms with Crippen LogP contribution in [0.4, 0.5) is 0 Å². The highest BCUT2D eigenvalue weighted by molar-refractivity contribution is 5.95. The van der Waals surface area contributed by atoms with E-state index in [0.29, 0.717) is 12.8 Å². The summed E-state index contributed by atoms with van der Waals surface area (Å²) in [4.78, 5) is 59.3. The minimum absolute atomic E-state index is 0.0486. The van der Waals surface area contributed by atoms with Gasteiger partial charge in [-0.2, -0.15) is 0 Å². The zero-order valence-corrected chi connectivity index (χ0v) is 25.1. The smallest absolute Gasteiger partial charge is 0.326 e. The Morgan fingerprint density at radius 1 is 0.800 bits per heavy atom. The summed E-state index contributed by atoms with van der Waals surface area (Å²) in [6, 6.07) is 12.3. The molecule has 0 unspecified atom stereocenters. The third-order valence-corrected chi connectivity index (χ3v) is 7.26. The average molecular weight is 622 g/mol. The molecule has 0 aliphatic heterocycles. The number of hydrogen-bond acceptors (Lipinski definition) is 7. The molecule has 0 saturated heterocycles. The van der Waals surface area contributed by atoms with Crippen LogP contribution >= 0.6 is 0 Å². The van der Waals surface area contributed by atoms with Gasteiger partial charge in [-0.15, -0.1) is 0 Å². The number of aliphatic imine (C=N–C) groups is 1. The first-order valence-electron chi connectivity index (χ1n) is 14.8. The predicted octanol–water partition coefficient (Wildman–Crippen LogP) is -0.388. The van der Waals surface area contributed by atoms with Crippen molar-refractivity contribution in [1.82, 2.24) is 20.9 Å². The number of carboxylic acid groups (broad SMARTS) is 1. The molecule has 0 aliphatic rings. The summed E-state index contributed by atoms with van der Waals surface area (Å²) < 4.78 is 0. The van der Waals surface area contributed by atoms with Crippen molar-refractivity contribution in [3.8, 4) is 0 Å². The van der Waals surface area contributed by atoms with Crippen molar-refractivity contribution in [3.05, 3.63) is 71.9 Å². The van der Waals surface area contributed by atoms with Gasteiger partial charge in [0.05, 0.1) is 6.04 Å². The van der Waals surface area contributed by atoms with Gasteiger partial charge in [-0.25, -0.2) is 4.79 Å². The normalized spacial score (nSPS) is 13.6. The van der Waals surface area contributed by atoms with Gasteiger partial charge in [0.25, 0.3) is 0 Å². The highest BCUT2D eigenvalue weighted by atomic mass is 16.4. The molecule has 0 bridgehead atoms. The fraction of sp³-hybridized carbons (Fsp3) is 0.387. The highest BCUT2D eigenvalue weighted by Gasteiger charge is 2.31. The molecule has 4 atom stereocenters. The number of carbonyl (C=O) groups is 4. The lowest BCUT2D eigenvalue weighted by Gasteiger charge is -2.25. The number of benzene rings is 2. The van der Waals surface area contributed by atoms with Crippen LogP contribution < -0.4 is 38.9 Å². The predicted molar refractivity (Wildman–Crippen MR) is 172 cm³/mol. The Labute approximate surface area is 261 Å². The van der Waals surface area contributed by atoms with E-state index in [1.165, 1.54) is 0 Å². The number of H-pyrrole nitrogens is 1. The second kappa shape index (κ2) is 17.4. The second-order valence-electron chi connectivity index (χ2n) is 10.8. The third kappa shape index (κ3) is 10.9. The van der Waals surface area contributed by atoms with E-state index in [1.54, 1.807) is 6.20 Å². The molecule has 2 aromatic carbocycles. The van der Waals surface area contributed by atoms with Crippen LogP contribution in [0, 0.1) is 0 Å². The lowest BCUT2D eigenvalue weighted by molar-refractivity contribution is -0.142. The molecule has 3 amide bonds. The number of aromatic amines is 1. The number of aliphatic carboxylic acids is 1. The molecule has 14 heteroatoms. The van der Waals surface area contributed by atoms with E-state index >= 15 is 0 Å². The van der Waals surface area contributed by atoms with E-state index in [4.69, 9.17) is 22.9 Å². The maximum atomic E-state index is 13.7. The molecule has 0 radical (unpaired) electrons. The quantitative estimate of drug-likeness (QED) is 0.0508. The summed E-state index contributed by atoms with van der Waals surface area (Å²) >= 11 is 0. The second-order valence-corrected chi connectivity index (χ2v) is 10.8. The summed E-state index contributed by atoms with van der Waals surface area (Å²) in [6.45, 7) is 0.460. The minimum atomic E-state index is -1.22. The number of hydrogen-bond donors (Lipinski definition) is 9. The molecule has 14 nitrogen and oxygen atoms in total. The molecule has 0 saturated carbocycles. The van der Waals surface area contributed by atoms with Crippen LogP contribution in [-0.2, 0) is 32.0 Å². The van der Waals surface area contributed by atoms with E-state index in [-0.39, 0.29) is 44.7 Å². The zero-order valence-electron chi connectivity index (χ0n) is 25.1. The van der Waals surface area contributed by atoms with Gasteiger partial charge in [0.15, 0.2) is 5.96 Å². The Bertz CT molecular complexity index is 1460. The number of aromatic nitrogens is 1. The Morgan fingerprint density at radius 2 is 1.42 bits per heavy atom. The summed E-state index contributed by atoms with van der Waals surface area (Å²) in [5, 5.41) is 18.5. The Balaban J connectivity index is 1.83. The van der Waals surface area contributed by atoms with Gasteiger partial charge in [-0.05, 0) is 55.8 Å². The fourth-order valence-electron chi connectivity index (χ4n) is 4.87. The summed E-state index contributed by atoms with van der Waals surface area (Å²) in [5.74, 6) is -3.21. The van der Waals surface area contributed by atoms with E-state index in [2.05, 4.69) is 25.9 Å². The molecular weight excluding hydrogens is 578 g/mol. The van der Waals surface area contributed by atoms with Gasteiger partial charge in [0, 0.05) is 30.1 Å². The van der Waals surface area contributed by atoms with Crippen LogP contribution in [0.2, 0.25) is 0 Å². The number of nitrogens with two attached hydrogens (primary N) is 4. The average Bonchev–Trinajstić information content (AvgIpc) is 3.42. The first-order valence-corrected chi connectivity index (χ1v) is 14.8. The van der Waals surface area contributed by atoms with Gasteiger partial charge in [0.1, 0.15) is 18.1 Å².